The van der Waals surface area contributed by atoms with E-state index in [0.717, 1.165) is 0 Å². The smallest absolute Gasteiger partial charge is 0.261 e. The molecule has 0 atom stereocenters. The van der Waals surface area contributed by atoms with Gasteiger partial charge in [-0.1, -0.05) is 5.21 Å². The van der Waals surface area contributed by atoms with Gasteiger partial charge in [-0.15, -0.1) is 5.10 Å². The Morgan fingerprint density at radius 3 is 2.53 bits per heavy atom. The summed E-state index contributed by atoms with van der Waals surface area (Å²) >= 11 is 3.05. The Kier molecular flexibility index (Phi) is 4.28. The quantitative estimate of drug-likeness (QED) is 0.840. The predicted octanol–water partition coefficient (Wildman–Crippen LogP) is 0.281. The number of hydrogen-bond donors (Lipinski definition) is 1. The second-order valence-electron chi connectivity index (χ2n) is 4.23. The minimum atomic E-state index is -3.70. The fourth-order valence-corrected chi connectivity index (χ4v) is 3.91. The number of halogens is 1. The van der Waals surface area contributed by atoms with Crippen molar-refractivity contribution in [3.63, 3.8) is 0 Å². The van der Waals surface area contributed by atoms with Crippen molar-refractivity contribution in [2.75, 3.05) is 13.7 Å². The van der Waals surface area contributed by atoms with Gasteiger partial charge in [-0.05, 0) is 29.8 Å². The molecular weight excluding hydrogens is 312 g/mol. The highest BCUT2D eigenvalue weighted by Gasteiger charge is 2.30. The molecule has 0 spiro atoms. The summed E-state index contributed by atoms with van der Waals surface area (Å²) in [6, 6.07) is 0. The SMILES string of the molecule is COCC(C)(C)NS(=O)(=O)c1c(Br)nnn1C. The fraction of sp³-hybridized carbons (Fsp3) is 0.750. The van der Waals surface area contributed by atoms with Gasteiger partial charge in [-0.3, -0.25) is 0 Å². The van der Waals surface area contributed by atoms with Crippen LogP contribution in [0.4, 0.5) is 0 Å². The molecule has 0 amide bonds. The monoisotopic (exact) mass is 326 g/mol. The number of aromatic nitrogens is 3. The summed E-state index contributed by atoms with van der Waals surface area (Å²) in [4.78, 5) is 0. The second kappa shape index (κ2) is 5.01. The van der Waals surface area contributed by atoms with Crippen LogP contribution in [0, 0.1) is 0 Å². The van der Waals surface area contributed by atoms with Gasteiger partial charge in [0.15, 0.2) is 4.60 Å². The van der Waals surface area contributed by atoms with Crippen LogP contribution in [-0.4, -0.2) is 42.7 Å². The lowest BCUT2D eigenvalue weighted by molar-refractivity contribution is 0.141. The fourth-order valence-electron chi connectivity index (χ4n) is 1.41. The van der Waals surface area contributed by atoms with E-state index in [2.05, 4.69) is 31.0 Å². The Bertz CT molecular complexity index is 477. The molecule has 0 aromatic carbocycles. The number of rotatable bonds is 5. The highest BCUT2D eigenvalue weighted by Crippen LogP contribution is 2.19. The summed E-state index contributed by atoms with van der Waals surface area (Å²) in [6.07, 6.45) is 0. The minimum Gasteiger partial charge on any atom is -0.383 e. The molecule has 1 rings (SSSR count). The molecule has 0 bridgehead atoms. The summed E-state index contributed by atoms with van der Waals surface area (Å²) in [6.45, 7) is 3.71. The Hall–Kier alpha value is -0.510. The summed E-state index contributed by atoms with van der Waals surface area (Å²) < 4.78 is 33.1. The molecule has 0 saturated heterocycles. The molecule has 0 aliphatic carbocycles. The number of ether oxygens (including phenoxy) is 1. The molecule has 1 N–H and O–H groups in total. The number of aryl methyl sites for hydroxylation is 1. The van der Waals surface area contributed by atoms with Gasteiger partial charge in [-0.2, -0.15) is 0 Å². The first-order valence-electron chi connectivity index (χ1n) is 4.78. The molecule has 0 unspecified atom stereocenters. The Morgan fingerprint density at radius 2 is 2.12 bits per heavy atom. The predicted molar refractivity (Wildman–Crippen MR) is 65.0 cm³/mol. The molecule has 98 valence electrons. The molecule has 9 heteroatoms. The van der Waals surface area contributed by atoms with Crippen LogP contribution in [0.15, 0.2) is 9.63 Å². The molecule has 1 aromatic rings. The molecule has 1 heterocycles. The van der Waals surface area contributed by atoms with E-state index in [1.807, 2.05) is 0 Å². The van der Waals surface area contributed by atoms with Crippen LogP contribution in [-0.2, 0) is 21.8 Å². The number of hydrogen-bond acceptors (Lipinski definition) is 5. The van der Waals surface area contributed by atoms with E-state index >= 15 is 0 Å². The van der Waals surface area contributed by atoms with Gasteiger partial charge in [0.1, 0.15) is 0 Å². The van der Waals surface area contributed by atoms with Crippen molar-refractivity contribution < 1.29 is 13.2 Å². The highest BCUT2D eigenvalue weighted by atomic mass is 79.9. The number of nitrogens with one attached hydrogen (secondary N) is 1. The van der Waals surface area contributed by atoms with Gasteiger partial charge in [0.05, 0.1) is 12.1 Å². The lowest BCUT2D eigenvalue weighted by Crippen LogP contribution is -2.47. The normalized spacial score (nSPS) is 13.0. The van der Waals surface area contributed by atoms with Crippen molar-refractivity contribution in [2.24, 2.45) is 7.05 Å². The number of nitrogens with zero attached hydrogens (tertiary/aromatic N) is 3. The van der Waals surface area contributed by atoms with E-state index in [4.69, 9.17) is 4.74 Å². The molecule has 7 nitrogen and oxygen atoms in total. The Balaban J connectivity index is 3.06. The van der Waals surface area contributed by atoms with Crippen LogP contribution in [0.1, 0.15) is 13.8 Å². The van der Waals surface area contributed by atoms with E-state index in [-0.39, 0.29) is 16.2 Å². The molecule has 1 aromatic heterocycles. The zero-order chi connectivity index (χ0) is 13.3. The van der Waals surface area contributed by atoms with Gasteiger partial charge in [-0.25, -0.2) is 17.8 Å². The van der Waals surface area contributed by atoms with Crippen LogP contribution in [0.3, 0.4) is 0 Å². The molecule has 0 aliphatic heterocycles. The molecule has 0 radical (unpaired) electrons. The second-order valence-corrected chi connectivity index (χ2v) is 6.58. The summed E-state index contributed by atoms with van der Waals surface area (Å²) in [5.41, 5.74) is -0.711. The first-order valence-corrected chi connectivity index (χ1v) is 7.05. The maximum atomic E-state index is 12.1. The van der Waals surface area contributed by atoms with Crippen LogP contribution in [0.25, 0.3) is 0 Å². The summed E-state index contributed by atoms with van der Waals surface area (Å²) in [5.74, 6) is 0. The van der Waals surface area contributed by atoms with Crippen molar-refractivity contribution >= 4 is 26.0 Å². The molecule has 0 fully saturated rings. The van der Waals surface area contributed by atoms with Gasteiger partial charge in [0, 0.05) is 14.2 Å². The van der Waals surface area contributed by atoms with Gasteiger partial charge in [0.25, 0.3) is 10.0 Å². The maximum Gasteiger partial charge on any atom is 0.261 e. The first kappa shape index (κ1) is 14.6. The first-order chi connectivity index (χ1) is 7.69. The lowest BCUT2D eigenvalue weighted by Gasteiger charge is -2.24. The van der Waals surface area contributed by atoms with Crippen molar-refractivity contribution in [3.05, 3.63) is 4.60 Å². The number of methoxy groups -OCH3 is 1. The molecular formula is C8H15BrN4O3S. The number of sulfonamides is 1. The van der Waals surface area contributed by atoms with Crippen molar-refractivity contribution in [3.8, 4) is 0 Å². The van der Waals surface area contributed by atoms with E-state index in [1.54, 1.807) is 13.8 Å². The van der Waals surface area contributed by atoms with Crippen LogP contribution >= 0.6 is 15.9 Å². The summed E-state index contributed by atoms with van der Waals surface area (Å²) in [5, 5.41) is 7.25. The largest absolute Gasteiger partial charge is 0.383 e. The third-order valence-corrected chi connectivity index (χ3v) is 4.49. The zero-order valence-corrected chi connectivity index (χ0v) is 12.5. The van der Waals surface area contributed by atoms with Gasteiger partial charge >= 0.3 is 0 Å². The van der Waals surface area contributed by atoms with Crippen LogP contribution in [0.2, 0.25) is 0 Å². The molecule has 0 saturated carbocycles. The zero-order valence-electron chi connectivity index (χ0n) is 10.1. The summed E-state index contributed by atoms with van der Waals surface area (Å²) in [7, 11) is -0.676. The van der Waals surface area contributed by atoms with Crippen molar-refractivity contribution in [2.45, 2.75) is 24.4 Å². The van der Waals surface area contributed by atoms with E-state index in [1.165, 1.54) is 18.8 Å². The topological polar surface area (TPSA) is 86.1 Å². The van der Waals surface area contributed by atoms with E-state index < -0.39 is 15.6 Å². The van der Waals surface area contributed by atoms with Gasteiger partial charge < -0.3 is 4.74 Å². The van der Waals surface area contributed by atoms with Crippen molar-refractivity contribution in [1.82, 2.24) is 19.7 Å². The van der Waals surface area contributed by atoms with E-state index in [0.29, 0.717) is 0 Å². The van der Waals surface area contributed by atoms with Crippen molar-refractivity contribution in [1.29, 1.82) is 0 Å². The molecule has 0 aliphatic rings. The van der Waals surface area contributed by atoms with E-state index in [9.17, 15) is 8.42 Å². The maximum absolute atomic E-state index is 12.1. The van der Waals surface area contributed by atoms with Crippen LogP contribution < -0.4 is 4.72 Å². The lowest BCUT2D eigenvalue weighted by atomic mass is 10.1. The average Bonchev–Trinajstić information content (AvgIpc) is 2.43. The molecule has 17 heavy (non-hydrogen) atoms. The average molecular weight is 327 g/mol. The standard InChI is InChI=1S/C8H15BrN4O3S/c1-8(2,5-16-4)11-17(14,15)7-6(9)10-12-13(7)3/h11H,5H2,1-4H3. The Morgan fingerprint density at radius 1 is 1.53 bits per heavy atom. The Labute approximate surface area is 109 Å². The third-order valence-electron chi connectivity index (χ3n) is 1.91. The van der Waals surface area contributed by atoms with Gasteiger partial charge in [0.2, 0.25) is 5.03 Å². The third kappa shape index (κ3) is 3.47. The minimum absolute atomic E-state index is 0.0123. The highest BCUT2D eigenvalue weighted by molar-refractivity contribution is 9.10. The van der Waals surface area contributed by atoms with Crippen LogP contribution in [0.5, 0.6) is 0 Å².